The standard InChI is InChI=1S/C19H18F3N5/c1-10(2)12-6-4-5-11(3)18(12)26-19-25-15(9-23-27-19)24-14-8-7-13(20)16(21)17(14)22/h4-10H,1-3H3,(H2,24,25,26,27). The molecule has 0 bridgehead atoms. The first-order valence-electron chi connectivity index (χ1n) is 8.33. The highest BCUT2D eigenvalue weighted by Gasteiger charge is 2.15. The summed E-state index contributed by atoms with van der Waals surface area (Å²) in [7, 11) is 0. The van der Waals surface area contributed by atoms with E-state index in [2.05, 4.69) is 39.7 Å². The summed E-state index contributed by atoms with van der Waals surface area (Å²) in [6.45, 7) is 6.10. The third-order valence-electron chi connectivity index (χ3n) is 4.02. The van der Waals surface area contributed by atoms with Gasteiger partial charge in [0.2, 0.25) is 5.95 Å². The Kier molecular flexibility index (Phi) is 5.25. The van der Waals surface area contributed by atoms with Crippen molar-refractivity contribution < 1.29 is 13.2 Å². The van der Waals surface area contributed by atoms with Crippen LogP contribution >= 0.6 is 0 Å². The van der Waals surface area contributed by atoms with E-state index in [1.54, 1.807) is 0 Å². The van der Waals surface area contributed by atoms with Crippen molar-refractivity contribution in [1.82, 2.24) is 15.2 Å². The van der Waals surface area contributed by atoms with Crippen LogP contribution in [-0.2, 0) is 0 Å². The molecule has 0 saturated carbocycles. The van der Waals surface area contributed by atoms with Crippen molar-refractivity contribution in [2.24, 2.45) is 0 Å². The van der Waals surface area contributed by atoms with Crippen LogP contribution in [0, 0.1) is 24.4 Å². The molecule has 0 radical (unpaired) electrons. The van der Waals surface area contributed by atoms with Crippen molar-refractivity contribution in [3.63, 3.8) is 0 Å². The van der Waals surface area contributed by atoms with Gasteiger partial charge in [-0.2, -0.15) is 10.1 Å². The highest BCUT2D eigenvalue weighted by molar-refractivity contribution is 5.65. The smallest absolute Gasteiger partial charge is 0.249 e. The number of aromatic nitrogens is 3. The van der Waals surface area contributed by atoms with Crippen LogP contribution in [0.1, 0.15) is 30.9 Å². The normalized spacial score (nSPS) is 10.9. The molecule has 0 aliphatic rings. The van der Waals surface area contributed by atoms with Gasteiger partial charge in [0.25, 0.3) is 0 Å². The fourth-order valence-corrected chi connectivity index (χ4v) is 2.63. The summed E-state index contributed by atoms with van der Waals surface area (Å²) in [6.07, 6.45) is 1.26. The summed E-state index contributed by atoms with van der Waals surface area (Å²) in [4.78, 5) is 4.22. The Morgan fingerprint density at radius 1 is 0.963 bits per heavy atom. The molecule has 3 aromatic rings. The Balaban J connectivity index is 1.89. The Bertz CT molecular complexity index is 976. The van der Waals surface area contributed by atoms with Gasteiger partial charge in [0, 0.05) is 5.69 Å². The third kappa shape index (κ3) is 3.99. The quantitative estimate of drug-likeness (QED) is 0.601. The first-order valence-corrected chi connectivity index (χ1v) is 8.33. The first-order chi connectivity index (χ1) is 12.9. The summed E-state index contributed by atoms with van der Waals surface area (Å²) >= 11 is 0. The van der Waals surface area contributed by atoms with Crippen molar-refractivity contribution in [2.45, 2.75) is 26.7 Å². The van der Waals surface area contributed by atoms with Gasteiger partial charge in [-0.15, -0.1) is 5.10 Å². The molecule has 3 rings (SSSR count). The Morgan fingerprint density at radius 3 is 2.48 bits per heavy atom. The number of rotatable bonds is 5. The lowest BCUT2D eigenvalue weighted by Gasteiger charge is -2.16. The van der Waals surface area contributed by atoms with Crippen LogP contribution in [0.25, 0.3) is 0 Å². The van der Waals surface area contributed by atoms with Gasteiger partial charge >= 0.3 is 0 Å². The SMILES string of the molecule is Cc1cccc(C(C)C)c1Nc1nncc(Nc2ccc(F)c(F)c2F)n1. The molecule has 0 amide bonds. The topological polar surface area (TPSA) is 62.7 Å². The van der Waals surface area contributed by atoms with Crippen molar-refractivity contribution in [2.75, 3.05) is 10.6 Å². The van der Waals surface area contributed by atoms with E-state index < -0.39 is 17.5 Å². The first kappa shape index (κ1) is 18.6. The maximum absolute atomic E-state index is 13.8. The molecule has 0 spiro atoms. The maximum Gasteiger partial charge on any atom is 0.249 e. The second-order valence-electron chi connectivity index (χ2n) is 6.33. The van der Waals surface area contributed by atoms with E-state index in [4.69, 9.17) is 0 Å². The Morgan fingerprint density at radius 2 is 1.74 bits per heavy atom. The molecule has 8 heteroatoms. The van der Waals surface area contributed by atoms with Gasteiger partial charge in [-0.3, -0.25) is 0 Å². The van der Waals surface area contributed by atoms with Gasteiger partial charge in [-0.25, -0.2) is 13.2 Å². The van der Waals surface area contributed by atoms with Crippen LogP contribution in [0.3, 0.4) is 0 Å². The van der Waals surface area contributed by atoms with Crippen molar-refractivity contribution in [3.05, 3.63) is 65.1 Å². The van der Waals surface area contributed by atoms with Crippen LogP contribution in [0.15, 0.2) is 36.5 Å². The molecular weight excluding hydrogens is 355 g/mol. The Labute approximate surface area is 154 Å². The zero-order valence-electron chi connectivity index (χ0n) is 15.0. The van der Waals surface area contributed by atoms with Gasteiger partial charge in [0.1, 0.15) is 0 Å². The number of nitrogens with zero attached hydrogens (tertiary/aromatic N) is 3. The molecule has 5 nitrogen and oxygen atoms in total. The zero-order chi connectivity index (χ0) is 19.6. The second-order valence-corrected chi connectivity index (χ2v) is 6.33. The number of nitrogens with one attached hydrogen (secondary N) is 2. The zero-order valence-corrected chi connectivity index (χ0v) is 15.0. The highest BCUT2D eigenvalue weighted by Crippen LogP contribution is 2.29. The van der Waals surface area contributed by atoms with Gasteiger partial charge in [-0.1, -0.05) is 32.0 Å². The molecule has 1 heterocycles. The van der Waals surface area contributed by atoms with Gasteiger partial charge in [-0.05, 0) is 36.1 Å². The molecule has 0 atom stereocenters. The van der Waals surface area contributed by atoms with Crippen LogP contribution in [0.4, 0.5) is 36.3 Å². The number of anilines is 4. The van der Waals surface area contributed by atoms with E-state index in [1.807, 2.05) is 25.1 Å². The molecule has 2 aromatic carbocycles. The summed E-state index contributed by atoms with van der Waals surface area (Å²) in [5, 5.41) is 13.5. The lowest BCUT2D eigenvalue weighted by atomic mass is 9.98. The minimum absolute atomic E-state index is 0.136. The van der Waals surface area contributed by atoms with Crippen LogP contribution in [0.5, 0.6) is 0 Å². The molecule has 27 heavy (non-hydrogen) atoms. The second kappa shape index (κ2) is 7.61. The van der Waals surface area contributed by atoms with Gasteiger partial charge in [0.05, 0.1) is 11.9 Å². The fourth-order valence-electron chi connectivity index (χ4n) is 2.63. The van der Waals surface area contributed by atoms with E-state index in [-0.39, 0.29) is 23.4 Å². The average Bonchev–Trinajstić information content (AvgIpc) is 2.64. The summed E-state index contributed by atoms with van der Waals surface area (Å²) in [5.41, 5.74) is 2.71. The lowest BCUT2D eigenvalue weighted by Crippen LogP contribution is -2.06. The van der Waals surface area contributed by atoms with E-state index in [9.17, 15) is 13.2 Å². The predicted molar refractivity (Wildman–Crippen MR) is 98.0 cm³/mol. The number of hydrogen-bond donors (Lipinski definition) is 2. The summed E-state index contributed by atoms with van der Waals surface area (Å²) in [6, 6.07) is 7.85. The molecule has 0 unspecified atom stereocenters. The van der Waals surface area contributed by atoms with Crippen molar-refractivity contribution in [3.8, 4) is 0 Å². The number of hydrogen-bond acceptors (Lipinski definition) is 5. The number of aryl methyl sites for hydroxylation is 1. The molecule has 2 N–H and O–H groups in total. The van der Waals surface area contributed by atoms with Crippen LogP contribution < -0.4 is 10.6 Å². The largest absolute Gasteiger partial charge is 0.336 e. The third-order valence-corrected chi connectivity index (χ3v) is 4.02. The summed E-state index contributed by atoms with van der Waals surface area (Å²) in [5.74, 6) is -3.54. The number of halogens is 3. The molecule has 0 saturated heterocycles. The number of para-hydroxylation sites is 1. The van der Waals surface area contributed by atoms with E-state index in [0.29, 0.717) is 0 Å². The minimum Gasteiger partial charge on any atom is -0.336 e. The van der Waals surface area contributed by atoms with Gasteiger partial charge in [0.15, 0.2) is 23.3 Å². The Hall–Kier alpha value is -3.16. The van der Waals surface area contributed by atoms with Gasteiger partial charge < -0.3 is 10.6 Å². The summed E-state index contributed by atoms with van der Waals surface area (Å²) < 4.78 is 40.3. The molecule has 1 aromatic heterocycles. The van der Waals surface area contributed by atoms with E-state index in [1.165, 1.54) is 6.20 Å². The molecule has 0 aliphatic carbocycles. The van der Waals surface area contributed by atoms with Crippen LogP contribution in [0.2, 0.25) is 0 Å². The molecule has 0 fully saturated rings. The average molecular weight is 373 g/mol. The molecule has 140 valence electrons. The molecule has 0 aliphatic heterocycles. The predicted octanol–water partition coefficient (Wildman–Crippen LogP) is 5.21. The number of benzene rings is 2. The van der Waals surface area contributed by atoms with Crippen LogP contribution in [-0.4, -0.2) is 15.2 Å². The highest BCUT2D eigenvalue weighted by atomic mass is 19.2. The fraction of sp³-hybridized carbons (Fsp3) is 0.211. The van der Waals surface area contributed by atoms with Crippen molar-refractivity contribution in [1.29, 1.82) is 0 Å². The minimum atomic E-state index is -1.55. The van der Waals surface area contributed by atoms with E-state index >= 15 is 0 Å². The monoisotopic (exact) mass is 373 g/mol. The molecular formula is C19H18F3N5. The lowest BCUT2D eigenvalue weighted by molar-refractivity contribution is 0.449. The maximum atomic E-state index is 13.8. The van der Waals surface area contributed by atoms with Crippen molar-refractivity contribution >= 4 is 23.1 Å². The van der Waals surface area contributed by atoms with E-state index in [0.717, 1.165) is 28.9 Å².